The lowest BCUT2D eigenvalue weighted by Crippen LogP contribution is -2.37. The van der Waals surface area contributed by atoms with Crippen LogP contribution in [0.4, 0.5) is 5.82 Å². The summed E-state index contributed by atoms with van der Waals surface area (Å²) < 4.78 is 0. The van der Waals surface area contributed by atoms with Crippen LogP contribution in [0.1, 0.15) is 31.4 Å². The first-order valence-electron chi connectivity index (χ1n) is 6.47. The topological polar surface area (TPSA) is 36.4 Å². The Morgan fingerprint density at radius 2 is 2.22 bits per heavy atom. The Labute approximate surface area is 109 Å². The second-order valence-electron chi connectivity index (χ2n) is 5.12. The van der Waals surface area contributed by atoms with Gasteiger partial charge in [-0.05, 0) is 25.0 Å². The van der Waals surface area contributed by atoms with E-state index in [1.54, 1.807) is 6.92 Å². The molecule has 98 valence electrons. The number of hydrogen-bond acceptors (Lipinski definition) is 3. The van der Waals surface area contributed by atoms with Crippen LogP contribution in [0, 0.1) is 0 Å². The number of pyridine rings is 1. The summed E-state index contributed by atoms with van der Waals surface area (Å²) in [5.74, 6) is 1.53. The van der Waals surface area contributed by atoms with E-state index >= 15 is 0 Å². The molecule has 0 N–H and O–H groups in total. The van der Waals surface area contributed by atoms with Crippen molar-refractivity contribution in [3.8, 4) is 0 Å². The molecule has 1 aromatic heterocycles. The molecule has 1 aliphatic rings. The van der Waals surface area contributed by atoms with Crippen LogP contribution in [-0.4, -0.2) is 43.0 Å². The number of aromatic nitrogens is 1. The van der Waals surface area contributed by atoms with Gasteiger partial charge in [-0.3, -0.25) is 4.79 Å². The number of carbonyl (C=O) groups excluding carboxylic acids is 1. The van der Waals surface area contributed by atoms with Gasteiger partial charge in [0.1, 0.15) is 5.82 Å². The van der Waals surface area contributed by atoms with Crippen molar-refractivity contribution in [1.82, 2.24) is 9.88 Å². The number of piperidine rings is 1. The van der Waals surface area contributed by atoms with E-state index in [2.05, 4.69) is 11.1 Å². The minimum atomic E-state index is 0.170. The number of nitrogens with zero attached hydrogens (tertiary/aromatic N) is 3. The fourth-order valence-corrected chi connectivity index (χ4v) is 2.42. The van der Waals surface area contributed by atoms with E-state index < -0.39 is 0 Å². The molecule has 0 bridgehead atoms. The highest BCUT2D eigenvalue weighted by atomic mass is 16.2. The quantitative estimate of drug-likeness (QED) is 0.800. The summed E-state index contributed by atoms with van der Waals surface area (Å²) in [6, 6.07) is 6.13. The molecule has 1 aromatic rings. The summed E-state index contributed by atoms with van der Waals surface area (Å²) in [6.07, 6.45) is 2.19. The smallest absolute Gasteiger partial charge is 0.219 e. The molecule has 0 unspecified atom stereocenters. The lowest BCUT2D eigenvalue weighted by Gasteiger charge is -2.32. The maximum atomic E-state index is 11.4. The van der Waals surface area contributed by atoms with Gasteiger partial charge >= 0.3 is 0 Å². The highest BCUT2D eigenvalue weighted by molar-refractivity contribution is 5.73. The predicted molar refractivity (Wildman–Crippen MR) is 72.8 cm³/mol. The van der Waals surface area contributed by atoms with Gasteiger partial charge in [-0.25, -0.2) is 4.98 Å². The van der Waals surface area contributed by atoms with E-state index in [4.69, 9.17) is 0 Å². The van der Waals surface area contributed by atoms with Crippen molar-refractivity contribution in [2.75, 3.05) is 32.1 Å². The van der Waals surface area contributed by atoms with Gasteiger partial charge in [-0.2, -0.15) is 0 Å². The van der Waals surface area contributed by atoms with Crippen molar-refractivity contribution in [2.45, 2.75) is 25.7 Å². The van der Waals surface area contributed by atoms with E-state index in [1.165, 1.54) is 0 Å². The third-order valence-electron chi connectivity index (χ3n) is 3.50. The molecular formula is C14H21N3O. The Hall–Kier alpha value is -1.58. The average Bonchev–Trinajstić information content (AvgIpc) is 2.39. The van der Waals surface area contributed by atoms with Crippen molar-refractivity contribution in [3.63, 3.8) is 0 Å². The SMILES string of the molecule is CC(=O)N1CCC[C@H](c2cccc(N(C)C)n2)C1. The molecule has 0 saturated carbocycles. The summed E-state index contributed by atoms with van der Waals surface area (Å²) in [5.41, 5.74) is 1.10. The van der Waals surface area contributed by atoms with Gasteiger partial charge in [-0.1, -0.05) is 6.07 Å². The predicted octanol–water partition coefficient (Wildman–Crippen LogP) is 1.87. The Morgan fingerprint density at radius 3 is 2.89 bits per heavy atom. The van der Waals surface area contributed by atoms with Gasteiger partial charge in [0.2, 0.25) is 5.91 Å². The van der Waals surface area contributed by atoms with Gasteiger partial charge in [-0.15, -0.1) is 0 Å². The zero-order valence-corrected chi connectivity index (χ0v) is 11.4. The number of hydrogen-bond donors (Lipinski definition) is 0. The molecule has 0 aliphatic carbocycles. The maximum Gasteiger partial charge on any atom is 0.219 e. The lowest BCUT2D eigenvalue weighted by molar-refractivity contribution is -0.130. The van der Waals surface area contributed by atoms with Crippen molar-refractivity contribution < 1.29 is 4.79 Å². The lowest BCUT2D eigenvalue weighted by atomic mass is 9.94. The molecule has 0 aromatic carbocycles. The molecule has 1 saturated heterocycles. The Kier molecular flexibility index (Phi) is 3.84. The first-order chi connectivity index (χ1) is 8.58. The molecule has 1 fully saturated rings. The van der Waals surface area contributed by atoms with Gasteiger partial charge in [0.25, 0.3) is 0 Å². The number of anilines is 1. The second-order valence-corrected chi connectivity index (χ2v) is 5.12. The molecule has 0 radical (unpaired) electrons. The summed E-state index contributed by atoms with van der Waals surface area (Å²) in [4.78, 5) is 20.1. The second kappa shape index (κ2) is 5.38. The average molecular weight is 247 g/mol. The monoisotopic (exact) mass is 247 g/mol. The molecule has 1 amide bonds. The normalized spacial score (nSPS) is 19.7. The molecule has 1 aliphatic heterocycles. The number of likely N-dealkylation sites (tertiary alicyclic amines) is 1. The van der Waals surface area contributed by atoms with Crippen LogP contribution < -0.4 is 4.90 Å². The minimum absolute atomic E-state index is 0.170. The fourth-order valence-electron chi connectivity index (χ4n) is 2.42. The third kappa shape index (κ3) is 2.81. The van der Waals surface area contributed by atoms with E-state index in [0.717, 1.165) is 37.4 Å². The fraction of sp³-hybridized carbons (Fsp3) is 0.571. The Bertz CT molecular complexity index is 431. The highest BCUT2D eigenvalue weighted by Crippen LogP contribution is 2.26. The Morgan fingerprint density at radius 1 is 1.44 bits per heavy atom. The zero-order valence-electron chi connectivity index (χ0n) is 11.4. The van der Waals surface area contributed by atoms with Crippen LogP contribution in [-0.2, 0) is 4.79 Å². The minimum Gasteiger partial charge on any atom is -0.363 e. The van der Waals surface area contributed by atoms with E-state index in [0.29, 0.717) is 5.92 Å². The van der Waals surface area contributed by atoms with Crippen molar-refractivity contribution >= 4 is 11.7 Å². The summed E-state index contributed by atoms with van der Waals surface area (Å²) in [5, 5.41) is 0. The largest absolute Gasteiger partial charge is 0.363 e. The van der Waals surface area contributed by atoms with Gasteiger partial charge in [0.05, 0.1) is 0 Å². The molecule has 18 heavy (non-hydrogen) atoms. The molecule has 1 atom stereocenters. The number of carbonyl (C=O) groups is 1. The molecule has 2 heterocycles. The van der Waals surface area contributed by atoms with Gasteiger partial charge < -0.3 is 9.80 Å². The zero-order chi connectivity index (χ0) is 13.1. The number of rotatable bonds is 2. The van der Waals surface area contributed by atoms with E-state index in [1.807, 2.05) is 36.0 Å². The van der Waals surface area contributed by atoms with Crippen LogP contribution >= 0.6 is 0 Å². The Balaban J connectivity index is 2.15. The third-order valence-corrected chi connectivity index (χ3v) is 3.50. The van der Waals surface area contributed by atoms with Gasteiger partial charge in [0, 0.05) is 45.7 Å². The van der Waals surface area contributed by atoms with Crippen LogP contribution in [0.3, 0.4) is 0 Å². The molecule has 0 spiro atoms. The first kappa shape index (κ1) is 12.9. The van der Waals surface area contributed by atoms with E-state index in [9.17, 15) is 4.79 Å². The standard InChI is InChI=1S/C14H21N3O/c1-11(18)17-9-5-6-12(10-17)13-7-4-8-14(15-13)16(2)3/h4,7-8,12H,5-6,9-10H2,1-3H3/t12-/m0/s1. The van der Waals surface area contributed by atoms with Crippen molar-refractivity contribution in [3.05, 3.63) is 23.9 Å². The van der Waals surface area contributed by atoms with Crippen LogP contribution in [0.2, 0.25) is 0 Å². The first-order valence-corrected chi connectivity index (χ1v) is 6.47. The van der Waals surface area contributed by atoms with E-state index in [-0.39, 0.29) is 5.91 Å². The highest BCUT2D eigenvalue weighted by Gasteiger charge is 2.23. The van der Waals surface area contributed by atoms with Crippen molar-refractivity contribution in [1.29, 1.82) is 0 Å². The maximum absolute atomic E-state index is 11.4. The summed E-state index contributed by atoms with van der Waals surface area (Å²) in [6.45, 7) is 3.34. The van der Waals surface area contributed by atoms with Crippen LogP contribution in [0.25, 0.3) is 0 Å². The molecule has 4 nitrogen and oxygen atoms in total. The molecule has 2 rings (SSSR count). The van der Waals surface area contributed by atoms with Crippen molar-refractivity contribution in [2.24, 2.45) is 0 Å². The van der Waals surface area contributed by atoms with Gasteiger partial charge in [0.15, 0.2) is 0 Å². The summed E-state index contributed by atoms with van der Waals surface area (Å²) >= 11 is 0. The number of amides is 1. The summed E-state index contributed by atoms with van der Waals surface area (Å²) in [7, 11) is 3.99. The van der Waals surface area contributed by atoms with Crippen LogP contribution in [0.15, 0.2) is 18.2 Å². The molecule has 4 heteroatoms. The van der Waals surface area contributed by atoms with Crippen LogP contribution in [0.5, 0.6) is 0 Å². The molecular weight excluding hydrogens is 226 g/mol.